The van der Waals surface area contributed by atoms with Crippen LogP contribution in [-0.2, 0) is 16.1 Å². The molecule has 33 heavy (non-hydrogen) atoms. The average Bonchev–Trinajstić information content (AvgIpc) is 2.84. The summed E-state index contributed by atoms with van der Waals surface area (Å²) in [6.45, 7) is 7.89. The van der Waals surface area contributed by atoms with Crippen molar-refractivity contribution >= 4 is 6.29 Å². The van der Waals surface area contributed by atoms with E-state index in [1.165, 1.54) is 0 Å². The number of ether oxygens (including phenoxy) is 2. The number of rotatable bonds is 9. The van der Waals surface area contributed by atoms with E-state index in [1.807, 2.05) is 12.1 Å². The van der Waals surface area contributed by atoms with Gasteiger partial charge in [-0.15, -0.1) is 0 Å². The number of carbonyl (C=O) groups excluding carboxylic acids is 1. The van der Waals surface area contributed by atoms with Crippen LogP contribution in [0.2, 0.25) is 0 Å². The highest BCUT2D eigenvalue weighted by Gasteiger charge is 2.19. The second-order valence-corrected chi connectivity index (χ2v) is 8.27. The van der Waals surface area contributed by atoms with Gasteiger partial charge in [0.25, 0.3) is 0 Å². The molecule has 1 aliphatic carbocycles. The lowest BCUT2D eigenvalue weighted by atomic mass is 9.83. The Morgan fingerprint density at radius 1 is 1.15 bits per heavy atom. The summed E-state index contributed by atoms with van der Waals surface area (Å²) in [4.78, 5) is 9.41. The molecule has 0 bridgehead atoms. The van der Waals surface area contributed by atoms with E-state index < -0.39 is 0 Å². The van der Waals surface area contributed by atoms with Crippen LogP contribution in [0.4, 0.5) is 4.39 Å². The van der Waals surface area contributed by atoms with Crippen molar-refractivity contribution in [1.29, 1.82) is 0 Å². The van der Waals surface area contributed by atoms with E-state index >= 15 is 4.39 Å². The predicted octanol–water partition coefficient (Wildman–Crippen LogP) is 6.23. The summed E-state index contributed by atoms with van der Waals surface area (Å²) in [6, 6.07) is 10.8. The minimum atomic E-state index is -0.253. The van der Waals surface area contributed by atoms with Gasteiger partial charge in [-0.1, -0.05) is 49.9 Å². The average molecular weight is 455 g/mol. The maximum Gasteiger partial charge on any atom is 0.145 e. The molecule has 178 valence electrons. The van der Waals surface area contributed by atoms with Crippen LogP contribution in [0, 0.1) is 11.7 Å². The topological polar surface area (TPSA) is 55.8 Å². The summed E-state index contributed by atoms with van der Waals surface area (Å²) in [5.74, 6) is 1.23. The van der Waals surface area contributed by atoms with E-state index in [2.05, 4.69) is 25.7 Å². The van der Waals surface area contributed by atoms with Crippen LogP contribution in [0.3, 0.4) is 0 Å². The minimum Gasteiger partial charge on any atom is -0.491 e. The molecule has 0 heterocycles. The summed E-state index contributed by atoms with van der Waals surface area (Å²) >= 11 is 0. The smallest absolute Gasteiger partial charge is 0.145 e. The molecule has 2 atom stereocenters. The fourth-order valence-corrected chi connectivity index (χ4v) is 3.72. The second-order valence-electron chi connectivity index (χ2n) is 8.27. The van der Waals surface area contributed by atoms with Gasteiger partial charge in [-0.3, -0.25) is 4.79 Å². The summed E-state index contributed by atoms with van der Waals surface area (Å²) in [6.07, 6.45) is 8.59. The number of allylic oxidation sites excluding steroid dienone is 3. The molecule has 0 fully saturated rings. The highest BCUT2D eigenvalue weighted by atomic mass is 19.1. The Morgan fingerprint density at radius 3 is 2.42 bits per heavy atom. The van der Waals surface area contributed by atoms with Crippen molar-refractivity contribution in [2.45, 2.75) is 45.6 Å². The van der Waals surface area contributed by atoms with Crippen LogP contribution in [0.15, 0.2) is 60.7 Å². The Balaban J connectivity index is 0.000000696. The van der Waals surface area contributed by atoms with Gasteiger partial charge in [-0.05, 0) is 60.9 Å². The van der Waals surface area contributed by atoms with E-state index in [1.54, 1.807) is 38.3 Å². The van der Waals surface area contributed by atoms with Crippen molar-refractivity contribution in [2.24, 2.45) is 5.92 Å². The van der Waals surface area contributed by atoms with Crippen molar-refractivity contribution in [1.82, 2.24) is 0 Å². The van der Waals surface area contributed by atoms with E-state index in [-0.39, 0.29) is 18.3 Å². The molecule has 0 saturated heterocycles. The van der Waals surface area contributed by atoms with Gasteiger partial charge < -0.3 is 14.6 Å². The first-order valence-corrected chi connectivity index (χ1v) is 11.4. The standard InChI is InChI=1S/C24H29FO3.C4H6O/c1-3-17-4-7-19(8-5-17)20-9-11-21(23(25)15-20)22-10-6-18(16-26)14-24(22)28-13-12-27-2;1-4(2)3-5/h4,6-7,9-11,14-15,17,19,26H,3,5,8,12-13,16H2,1-2H3;3H,1H2,2H3. The zero-order valence-corrected chi connectivity index (χ0v) is 19.9. The Morgan fingerprint density at radius 2 is 1.88 bits per heavy atom. The Bertz CT molecular complexity index is 951. The summed E-state index contributed by atoms with van der Waals surface area (Å²) in [7, 11) is 1.61. The van der Waals surface area contributed by atoms with Gasteiger partial charge >= 0.3 is 0 Å². The van der Waals surface area contributed by atoms with Gasteiger partial charge in [0.15, 0.2) is 0 Å². The summed E-state index contributed by atoms with van der Waals surface area (Å²) in [5.41, 5.74) is 3.51. The highest BCUT2D eigenvalue weighted by molar-refractivity contribution is 5.72. The Hall–Kier alpha value is -2.76. The highest BCUT2D eigenvalue weighted by Crippen LogP contribution is 2.36. The SMILES string of the molecule is C=C(C)C=O.CCC1C=CC(c2ccc(-c3ccc(CO)cc3OCCOC)c(F)c2)CC1. The molecule has 0 aliphatic heterocycles. The van der Waals surface area contributed by atoms with Gasteiger partial charge in [0.2, 0.25) is 0 Å². The van der Waals surface area contributed by atoms with E-state index in [4.69, 9.17) is 9.47 Å². The maximum absolute atomic E-state index is 15.0. The van der Waals surface area contributed by atoms with Crippen LogP contribution in [0.1, 0.15) is 50.2 Å². The quantitative estimate of drug-likeness (QED) is 0.211. The number of benzene rings is 2. The van der Waals surface area contributed by atoms with Crippen molar-refractivity contribution < 1.29 is 23.8 Å². The summed E-state index contributed by atoms with van der Waals surface area (Å²) < 4.78 is 25.8. The zero-order chi connectivity index (χ0) is 24.2. The lowest BCUT2D eigenvalue weighted by Gasteiger charge is -2.22. The Labute approximate surface area is 196 Å². The van der Waals surface area contributed by atoms with E-state index in [0.29, 0.717) is 41.6 Å². The molecule has 0 spiro atoms. The molecule has 0 aromatic heterocycles. The predicted molar refractivity (Wildman–Crippen MR) is 131 cm³/mol. The molecule has 2 unspecified atom stereocenters. The number of hydrogen-bond acceptors (Lipinski definition) is 4. The van der Waals surface area contributed by atoms with Crippen LogP contribution >= 0.6 is 0 Å². The minimum absolute atomic E-state index is 0.0882. The number of carbonyl (C=O) groups is 1. The molecule has 1 N–H and O–H groups in total. The van der Waals surface area contributed by atoms with Crippen molar-refractivity contribution in [3.05, 3.63) is 77.6 Å². The molecule has 3 rings (SSSR count). The monoisotopic (exact) mass is 454 g/mol. The molecule has 0 amide bonds. The first kappa shape index (κ1) is 26.5. The molecule has 5 heteroatoms. The molecule has 1 aliphatic rings. The van der Waals surface area contributed by atoms with Gasteiger partial charge in [0.1, 0.15) is 24.5 Å². The van der Waals surface area contributed by atoms with Crippen molar-refractivity contribution in [3.63, 3.8) is 0 Å². The van der Waals surface area contributed by atoms with Crippen molar-refractivity contribution in [2.75, 3.05) is 20.3 Å². The third-order valence-electron chi connectivity index (χ3n) is 5.67. The molecule has 0 saturated carbocycles. The van der Waals surface area contributed by atoms with Crippen LogP contribution in [-0.4, -0.2) is 31.7 Å². The number of methoxy groups -OCH3 is 1. The van der Waals surface area contributed by atoms with Crippen molar-refractivity contribution in [3.8, 4) is 16.9 Å². The largest absolute Gasteiger partial charge is 0.491 e. The molecule has 2 aromatic rings. The second kappa shape index (κ2) is 13.7. The molecular formula is C28H35FO4. The summed E-state index contributed by atoms with van der Waals surface area (Å²) in [5, 5.41) is 9.41. The lowest BCUT2D eigenvalue weighted by molar-refractivity contribution is -0.104. The zero-order valence-electron chi connectivity index (χ0n) is 19.9. The van der Waals surface area contributed by atoms with Crippen LogP contribution in [0.5, 0.6) is 5.75 Å². The third kappa shape index (κ3) is 7.95. The van der Waals surface area contributed by atoms with E-state index in [0.717, 1.165) is 36.7 Å². The van der Waals surface area contributed by atoms with E-state index in [9.17, 15) is 9.90 Å². The fourth-order valence-electron chi connectivity index (χ4n) is 3.72. The lowest BCUT2D eigenvalue weighted by Crippen LogP contribution is -2.07. The Kier molecular flexibility index (Phi) is 11.0. The van der Waals surface area contributed by atoms with Gasteiger partial charge in [0.05, 0.1) is 13.2 Å². The first-order chi connectivity index (χ1) is 15.9. The molecular weight excluding hydrogens is 419 g/mol. The number of halogens is 1. The van der Waals surface area contributed by atoms with Crippen LogP contribution in [0.25, 0.3) is 11.1 Å². The fraction of sp³-hybridized carbons (Fsp3) is 0.393. The molecule has 2 aromatic carbocycles. The number of aldehydes is 1. The maximum atomic E-state index is 15.0. The number of hydrogen-bond donors (Lipinski definition) is 1. The first-order valence-electron chi connectivity index (χ1n) is 11.4. The van der Waals surface area contributed by atoms with Crippen LogP contribution < -0.4 is 4.74 Å². The van der Waals surface area contributed by atoms with Gasteiger partial charge in [0, 0.05) is 24.2 Å². The number of aliphatic hydroxyl groups excluding tert-OH is 1. The number of aliphatic hydroxyl groups is 1. The van der Waals surface area contributed by atoms with Gasteiger partial charge in [-0.2, -0.15) is 0 Å². The normalized spacial score (nSPS) is 17.1. The van der Waals surface area contributed by atoms with Gasteiger partial charge in [-0.25, -0.2) is 4.39 Å². The third-order valence-corrected chi connectivity index (χ3v) is 5.67. The molecule has 4 nitrogen and oxygen atoms in total. The molecule has 0 radical (unpaired) electrons.